The van der Waals surface area contributed by atoms with Crippen molar-refractivity contribution in [1.29, 1.82) is 0 Å². The summed E-state index contributed by atoms with van der Waals surface area (Å²) in [7, 11) is 0. The molecule has 1 aliphatic rings. The zero-order valence-electron chi connectivity index (χ0n) is 15.6. The Balaban J connectivity index is 1.64. The van der Waals surface area contributed by atoms with E-state index in [1.807, 2.05) is 0 Å². The standard InChI is InChI=1S/C20H14BrF5N4O/c21-11-3-1-10(2-4-11)15-8-17(20(24,25)26)30-18(27-15)9-16(29-30)19(31)28-14-6-5-12(22)7-13(14)23/h1-7,9,15,17,27H,8H2,(H,28,31)/t15-,17+/m0/s1. The highest BCUT2D eigenvalue weighted by atomic mass is 79.9. The maximum Gasteiger partial charge on any atom is 0.410 e. The molecule has 0 unspecified atom stereocenters. The quantitative estimate of drug-likeness (QED) is 0.444. The highest BCUT2D eigenvalue weighted by Gasteiger charge is 2.46. The van der Waals surface area contributed by atoms with Gasteiger partial charge in [-0.3, -0.25) is 4.79 Å². The molecule has 1 amide bonds. The zero-order valence-corrected chi connectivity index (χ0v) is 17.1. The van der Waals surface area contributed by atoms with Crippen LogP contribution in [-0.2, 0) is 0 Å². The van der Waals surface area contributed by atoms with E-state index in [-0.39, 0.29) is 23.6 Å². The van der Waals surface area contributed by atoms with Crippen LogP contribution in [0.15, 0.2) is 53.0 Å². The molecule has 4 rings (SSSR count). The third-order valence-electron chi connectivity index (χ3n) is 4.87. The molecular formula is C20H14BrF5N4O. The SMILES string of the molecule is O=C(Nc1ccc(F)cc1F)c1cc2n(n1)[C@@H](C(F)(F)F)C[C@@H](c1ccc(Br)cc1)N2. The number of amides is 1. The summed E-state index contributed by atoms with van der Waals surface area (Å²) < 4.78 is 69.5. The normalized spacial score (nSPS) is 18.3. The largest absolute Gasteiger partial charge is 0.410 e. The molecule has 0 bridgehead atoms. The van der Waals surface area contributed by atoms with Crippen molar-refractivity contribution in [3.8, 4) is 0 Å². The van der Waals surface area contributed by atoms with Gasteiger partial charge in [-0.15, -0.1) is 0 Å². The van der Waals surface area contributed by atoms with Crippen LogP contribution in [0.25, 0.3) is 0 Å². The molecule has 5 nitrogen and oxygen atoms in total. The van der Waals surface area contributed by atoms with Crippen LogP contribution in [0.5, 0.6) is 0 Å². The molecule has 1 aliphatic heterocycles. The Bertz CT molecular complexity index is 1130. The summed E-state index contributed by atoms with van der Waals surface area (Å²) in [6, 6.07) is 7.94. The van der Waals surface area contributed by atoms with Crippen molar-refractivity contribution in [2.24, 2.45) is 0 Å². The maximum atomic E-state index is 13.8. The highest BCUT2D eigenvalue weighted by Crippen LogP contribution is 2.43. The third-order valence-corrected chi connectivity index (χ3v) is 5.40. The minimum Gasteiger partial charge on any atom is -0.363 e. The van der Waals surface area contributed by atoms with Gasteiger partial charge in [-0.2, -0.15) is 18.3 Å². The van der Waals surface area contributed by atoms with Gasteiger partial charge in [0.15, 0.2) is 11.7 Å². The molecule has 2 aromatic carbocycles. The zero-order chi connectivity index (χ0) is 22.3. The molecule has 0 radical (unpaired) electrons. The monoisotopic (exact) mass is 500 g/mol. The molecule has 0 saturated heterocycles. The molecule has 0 saturated carbocycles. The van der Waals surface area contributed by atoms with Gasteiger partial charge >= 0.3 is 6.18 Å². The lowest BCUT2D eigenvalue weighted by molar-refractivity contribution is -0.173. The fourth-order valence-electron chi connectivity index (χ4n) is 3.38. The lowest BCUT2D eigenvalue weighted by Crippen LogP contribution is -2.35. The first-order valence-corrected chi connectivity index (χ1v) is 9.86. The third kappa shape index (κ3) is 4.41. The van der Waals surface area contributed by atoms with E-state index in [2.05, 4.69) is 31.7 Å². The molecule has 1 aromatic heterocycles. The average molecular weight is 501 g/mol. The number of nitrogens with zero attached hydrogens (tertiary/aromatic N) is 2. The summed E-state index contributed by atoms with van der Waals surface area (Å²) in [6.45, 7) is 0. The number of aromatic nitrogens is 2. The van der Waals surface area contributed by atoms with Crippen molar-refractivity contribution in [3.05, 3.63) is 75.9 Å². The second-order valence-corrected chi connectivity index (χ2v) is 7.89. The number of benzene rings is 2. The fourth-order valence-corrected chi connectivity index (χ4v) is 3.64. The van der Waals surface area contributed by atoms with Crippen LogP contribution in [0.2, 0.25) is 0 Å². The predicted octanol–water partition coefficient (Wildman–Crippen LogP) is 5.84. The van der Waals surface area contributed by atoms with E-state index in [1.165, 1.54) is 6.07 Å². The maximum absolute atomic E-state index is 13.8. The summed E-state index contributed by atoms with van der Waals surface area (Å²) in [5, 5.41) is 8.97. The van der Waals surface area contributed by atoms with Gasteiger partial charge in [0.25, 0.3) is 5.91 Å². The van der Waals surface area contributed by atoms with Crippen molar-refractivity contribution < 1.29 is 26.7 Å². The van der Waals surface area contributed by atoms with E-state index in [0.29, 0.717) is 16.3 Å². The highest BCUT2D eigenvalue weighted by molar-refractivity contribution is 9.10. The van der Waals surface area contributed by atoms with Gasteiger partial charge in [0.2, 0.25) is 0 Å². The van der Waals surface area contributed by atoms with E-state index in [4.69, 9.17) is 0 Å². The van der Waals surface area contributed by atoms with E-state index in [1.54, 1.807) is 24.3 Å². The van der Waals surface area contributed by atoms with Crippen LogP contribution >= 0.6 is 15.9 Å². The summed E-state index contributed by atoms with van der Waals surface area (Å²) in [5.41, 5.74) is -0.00772. The minimum absolute atomic E-state index is 0.00576. The number of nitrogens with one attached hydrogen (secondary N) is 2. The Kier molecular flexibility index (Phi) is 5.46. The number of hydrogen-bond acceptors (Lipinski definition) is 3. The van der Waals surface area contributed by atoms with Crippen LogP contribution in [0, 0.1) is 11.6 Å². The molecule has 0 aliphatic carbocycles. The number of rotatable bonds is 3. The molecule has 3 aromatic rings. The van der Waals surface area contributed by atoms with Crippen LogP contribution in [0.1, 0.15) is 34.6 Å². The first-order chi connectivity index (χ1) is 14.6. The van der Waals surface area contributed by atoms with Gasteiger partial charge in [-0.25, -0.2) is 13.5 Å². The molecule has 162 valence electrons. The van der Waals surface area contributed by atoms with Gasteiger partial charge in [0, 0.05) is 23.0 Å². The average Bonchev–Trinajstić information content (AvgIpc) is 3.13. The summed E-state index contributed by atoms with van der Waals surface area (Å²) in [6.07, 6.45) is -4.93. The van der Waals surface area contributed by atoms with Gasteiger partial charge in [-0.05, 0) is 29.8 Å². The molecule has 11 heteroatoms. The lowest BCUT2D eigenvalue weighted by atomic mass is 9.97. The van der Waals surface area contributed by atoms with E-state index >= 15 is 0 Å². The molecule has 31 heavy (non-hydrogen) atoms. The van der Waals surface area contributed by atoms with Gasteiger partial charge in [0.05, 0.1) is 11.7 Å². The first kappa shape index (κ1) is 21.3. The Morgan fingerprint density at radius 3 is 2.48 bits per heavy atom. The summed E-state index contributed by atoms with van der Waals surface area (Å²) >= 11 is 3.29. The molecule has 0 fully saturated rings. The van der Waals surface area contributed by atoms with Gasteiger partial charge in [-0.1, -0.05) is 28.1 Å². The van der Waals surface area contributed by atoms with Crippen molar-refractivity contribution in [2.45, 2.75) is 24.7 Å². The number of carbonyl (C=O) groups excluding carboxylic acids is 1. The lowest BCUT2D eigenvalue weighted by Gasteiger charge is -2.33. The second-order valence-electron chi connectivity index (χ2n) is 6.98. The Morgan fingerprint density at radius 1 is 1.13 bits per heavy atom. The summed E-state index contributed by atoms with van der Waals surface area (Å²) in [4.78, 5) is 12.5. The summed E-state index contributed by atoms with van der Waals surface area (Å²) in [5.74, 6) is -2.76. The fraction of sp³-hybridized carbons (Fsp3) is 0.200. The van der Waals surface area contributed by atoms with E-state index < -0.39 is 35.8 Å². The smallest absolute Gasteiger partial charge is 0.363 e. The molecule has 2 heterocycles. The Morgan fingerprint density at radius 2 is 1.84 bits per heavy atom. The number of carbonyl (C=O) groups is 1. The van der Waals surface area contributed by atoms with E-state index in [9.17, 15) is 26.7 Å². The Hall–Kier alpha value is -2.95. The number of fused-ring (bicyclic) bond motifs is 1. The van der Waals surface area contributed by atoms with Crippen LogP contribution < -0.4 is 10.6 Å². The van der Waals surface area contributed by atoms with E-state index in [0.717, 1.165) is 16.6 Å². The second kappa shape index (κ2) is 7.95. The molecule has 0 spiro atoms. The Labute approximate surface area is 181 Å². The number of hydrogen-bond donors (Lipinski definition) is 2. The number of alkyl halides is 3. The minimum atomic E-state index is -4.60. The van der Waals surface area contributed by atoms with Crippen molar-refractivity contribution in [2.75, 3.05) is 10.6 Å². The van der Waals surface area contributed by atoms with Crippen molar-refractivity contribution in [1.82, 2.24) is 9.78 Å². The van der Waals surface area contributed by atoms with Crippen LogP contribution in [0.4, 0.5) is 33.5 Å². The van der Waals surface area contributed by atoms with Gasteiger partial charge < -0.3 is 10.6 Å². The molecular weight excluding hydrogens is 487 g/mol. The first-order valence-electron chi connectivity index (χ1n) is 9.06. The molecule has 2 N–H and O–H groups in total. The van der Waals surface area contributed by atoms with Crippen LogP contribution in [0.3, 0.4) is 0 Å². The van der Waals surface area contributed by atoms with Gasteiger partial charge in [0.1, 0.15) is 17.5 Å². The predicted molar refractivity (Wildman–Crippen MR) is 107 cm³/mol. The van der Waals surface area contributed by atoms with Crippen molar-refractivity contribution in [3.63, 3.8) is 0 Å². The topological polar surface area (TPSA) is 59.0 Å². The number of anilines is 2. The number of halogens is 6. The van der Waals surface area contributed by atoms with Crippen LogP contribution in [-0.4, -0.2) is 21.9 Å². The molecule has 2 atom stereocenters. The van der Waals surface area contributed by atoms with Crippen molar-refractivity contribution >= 4 is 33.3 Å².